The number of fused-ring (bicyclic) bond motifs is 10. The molecule has 67 heavy (non-hydrogen) atoms. The summed E-state index contributed by atoms with van der Waals surface area (Å²) in [6.45, 7) is 0. The Labute approximate surface area is 389 Å². The topological polar surface area (TPSA) is 35.6 Å². The van der Waals surface area contributed by atoms with Crippen LogP contribution >= 0.6 is 11.3 Å². The van der Waals surface area contributed by atoms with Gasteiger partial charge in [0.2, 0.25) is 5.95 Å². The van der Waals surface area contributed by atoms with Gasteiger partial charge in [-0.2, -0.15) is 0 Å². The zero-order valence-corrected chi connectivity index (χ0v) is 37.0. The van der Waals surface area contributed by atoms with Crippen LogP contribution in [0.25, 0.3) is 131 Å². The van der Waals surface area contributed by atoms with Crippen LogP contribution in [0.4, 0.5) is 0 Å². The molecule has 0 N–H and O–H groups in total. The summed E-state index contributed by atoms with van der Waals surface area (Å²) >= 11 is 1.76. The Hall–Kier alpha value is -8.64. The van der Waals surface area contributed by atoms with Gasteiger partial charge in [-0.1, -0.05) is 194 Å². The summed E-state index contributed by atoms with van der Waals surface area (Å²) in [5, 5.41) is 9.58. The maximum absolute atomic E-state index is 5.63. The molecule has 0 aliphatic heterocycles. The molecule has 0 atom stereocenters. The Morgan fingerprint density at radius 2 is 0.955 bits per heavy atom. The van der Waals surface area contributed by atoms with Crippen LogP contribution in [0.2, 0.25) is 0 Å². The van der Waals surface area contributed by atoms with Crippen LogP contribution in [0.15, 0.2) is 231 Å². The minimum absolute atomic E-state index is 0.647. The van der Waals surface area contributed by atoms with Crippen LogP contribution in [0.3, 0.4) is 0 Å². The fraction of sp³-hybridized carbons (Fsp3) is 0. The Morgan fingerprint density at radius 3 is 1.79 bits per heavy atom. The SMILES string of the molecule is c1ccc(-c2cc3nc(-n4c5ccc(-c6cccc7c8ccccc8n(-c8ccccc8)c67)cc5c5ccc6ccccc6c54)nc(-c4ccc(-c5cccc6ccccc56)cc4)c3s2)cc1. The molecule has 0 aliphatic rings. The highest BCUT2D eigenvalue weighted by molar-refractivity contribution is 7.22. The molecule has 4 aromatic heterocycles. The number of nitrogens with zero attached hydrogens (tertiary/aromatic N) is 4. The largest absolute Gasteiger partial charge is 0.309 e. The molecule has 0 aliphatic carbocycles. The smallest absolute Gasteiger partial charge is 0.235 e. The summed E-state index contributed by atoms with van der Waals surface area (Å²) in [6, 6.07) is 83.3. The highest BCUT2D eigenvalue weighted by Crippen LogP contribution is 2.44. The summed E-state index contributed by atoms with van der Waals surface area (Å²) < 4.78 is 5.80. The number of thiophene rings is 1. The van der Waals surface area contributed by atoms with Gasteiger partial charge < -0.3 is 4.57 Å². The van der Waals surface area contributed by atoms with Gasteiger partial charge in [0.15, 0.2) is 0 Å². The van der Waals surface area contributed by atoms with Crippen molar-refractivity contribution in [2.45, 2.75) is 0 Å². The van der Waals surface area contributed by atoms with Gasteiger partial charge in [0.25, 0.3) is 0 Å². The second-order valence-electron chi connectivity index (χ2n) is 17.3. The first-order chi connectivity index (χ1) is 33.2. The first-order valence-corrected chi connectivity index (χ1v) is 23.5. The van der Waals surface area contributed by atoms with E-state index in [0.29, 0.717) is 5.95 Å². The molecule has 312 valence electrons. The van der Waals surface area contributed by atoms with Gasteiger partial charge >= 0.3 is 0 Å². The van der Waals surface area contributed by atoms with Gasteiger partial charge in [0.05, 0.1) is 38.0 Å². The van der Waals surface area contributed by atoms with Gasteiger partial charge in [-0.25, -0.2) is 9.97 Å². The van der Waals surface area contributed by atoms with E-state index in [0.717, 1.165) is 64.8 Å². The minimum atomic E-state index is 0.647. The highest BCUT2D eigenvalue weighted by Gasteiger charge is 2.23. The monoisotopic (exact) mass is 870 g/mol. The molecule has 5 heteroatoms. The standard InChI is InChI=1S/C62H38N4S/c1-3-17-42(18-4-1)57-38-54-61(67-57)58(43-31-29-41(30-32-43)47-25-13-19-39-15-7-9-22-46(39)47)64-62(63-54)66-56-36-34-44(37-53(56)52-35-33-40-16-8-10-23-48(40)60(52)66)49-26-14-27-51-50-24-11-12-28-55(50)65(59(49)51)45-20-5-2-6-21-45/h1-38H. The second kappa shape index (κ2) is 15.0. The number of para-hydroxylation sites is 3. The van der Waals surface area contributed by atoms with E-state index in [-0.39, 0.29) is 0 Å². The van der Waals surface area contributed by atoms with Crippen LogP contribution in [0, 0.1) is 0 Å². The Bertz CT molecular complexity index is 4250. The van der Waals surface area contributed by atoms with E-state index >= 15 is 0 Å². The molecule has 4 nitrogen and oxygen atoms in total. The van der Waals surface area contributed by atoms with Gasteiger partial charge in [0, 0.05) is 48.6 Å². The molecular formula is C62H38N4S. The van der Waals surface area contributed by atoms with Crippen molar-refractivity contribution in [1.29, 1.82) is 0 Å². The molecule has 4 heterocycles. The van der Waals surface area contributed by atoms with Crippen LogP contribution in [-0.4, -0.2) is 19.1 Å². The highest BCUT2D eigenvalue weighted by atomic mass is 32.1. The number of benzene rings is 10. The van der Waals surface area contributed by atoms with Crippen LogP contribution < -0.4 is 0 Å². The third-order valence-electron chi connectivity index (χ3n) is 13.5. The lowest BCUT2D eigenvalue weighted by Gasteiger charge is -2.13. The first-order valence-electron chi connectivity index (χ1n) is 22.7. The third-order valence-corrected chi connectivity index (χ3v) is 14.7. The fourth-order valence-corrected chi connectivity index (χ4v) is 11.6. The first kappa shape index (κ1) is 37.7. The van der Waals surface area contributed by atoms with E-state index in [1.54, 1.807) is 11.3 Å². The fourth-order valence-electron chi connectivity index (χ4n) is 10.5. The molecule has 0 saturated heterocycles. The lowest BCUT2D eigenvalue weighted by molar-refractivity contribution is 1.02. The third kappa shape index (κ3) is 5.92. The Kier molecular flexibility index (Phi) is 8.42. The molecule has 0 amide bonds. The molecule has 0 saturated carbocycles. The zero-order valence-electron chi connectivity index (χ0n) is 36.1. The molecule has 0 fully saturated rings. The summed E-state index contributed by atoms with van der Waals surface area (Å²) in [5.74, 6) is 0.647. The second-order valence-corrected chi connectivity index (χ2v) is 18.4. The number of rotatable bonds is 6. The summed E-state index contributed by atoms with van der Waals surface area (Å²) in [5.41, 5.74) is 14.5. The van der Waals surface area contributed by atoms with Crippen molar-refractivity contribution in [3.8, 4) is 55.6 Å². The van der Waals surface area contributed by atoms with Crippen molar-refractivity contribution >= 4 is 86.7 Å². The van der Waals surface area contributed by atoms with Crippen molar-refractivity contribution in [1.82, 2.24) is 19.1 Å². The molecule has 0 spiro atoms. The van der Waals surface area contributed by atoms with Crippen molar-refractivity contribution in [3.05, 3.63) is 231 Å². The average molecular weight is 871 g/mol. The lowest BCUT2D eigenvalue weighted by Crippen LogP contribution is -2.03. The lowest BCUT2D eigenvalue weighted by atomic mass is 9.97. The molecule has 0 unspecified atom stereocenters. The normalized spacial score (nSPS) is 11.9. The van der Waals surface area contributed by atoms with Crippen molar-refractivity contribution in [3.63, 3.8) is 0 Å². The summed E-state index contributed by atoms with van der Waals surface area (Å²) in [4.78, 5) is 12.3. The van der Waals surface area contributed by atoms with Gasteiger partial charge in [-0.15, -0.1) is 11.3 Å². The number of hydrogen-bond donors (Lipinski definition) is 0. The number of aromatic nitrogens is 4. The van der Waals surface area contributed by atoms with Crippen LogP contribution in [-0.2, 0) is 0 Å². The number of hydrogen-bond acceptors (Lipinski definition) is 3. The summed E-state index contributed by atoms with van der Waals surface area (Å²) in [6.07, 6.45) is 0. The van der Waals surface area contributed by atoms with E-state index < -0.39 is 0 Å². The van der Waals surface area contributed by atoms with Crippen molar-refractivity contribution in [2.24, 2.45) is 0 Å². The van der Waals surface area contributed by atoms with Crippen molar-refractivity contribution in [2.75, 3.05) is 0 Å². The van der Waals surface area contributed by atoms with Gasteiger partial charge in [0.1, 0.15) is 0 Å². The maximum atomic E-state index is 5.63. The molecule has 0 radical (unpaired) electrons. The Balaban J connectivity index is 1.01. The van der Waals surface area contributed by atoms with Crippen molar-refractivity contribution < 1.29 is 0 Å². The van der Waals surface area contributed by atoms with Gasteiger partial charge in [-0.05, 0) is 74.8 Å². The maximum Gasteiger partial charge on any atom is 0.235 e. The average Bonchev–Trinajstić information content (AvgIpc) is 4.09. The predicted octanol–water partition coefficient (Wildman–Crippen LogP) is 16.9. The predicted molar refractivity (Wildman–Crippen MR) is 283 cm³/mol. The van der Waals surface area contributed by atoms with Crippen LogP contribution in [0.5, 0.6) is 0 Å². The molecule has 14 aromatic rings. The molecule has 14 rings (SSSR count). The van der Waals surface area contributed by atoms with Gasteiger partial charge in [-0.3, -0.25) is 4.57 Å². The molecule has 0 bridgehead atoms. The van der Waals surface area contributed by atoms with E-state index in [1.807, 2.05) is 0 Å². The minimum Gasteiger partial charge on any atom is -0.309 e. The Morgan fingerprint density at radius 1 is 0.343 bits per heavy atom. The van der Waals surface area contributed by atoms with E-state index in [1.165, 1.54) is 60.2 Å². The quantitative estimate of drug-likeness (QED) is 0.167. The zero-order chi connectivity index (χ0) is 44.0. The van der Waals surface area contributed by atoms with E-state index in [9.17, 15) is 0 Å². The van der Waals surface area contributed by atoms with E-state index in [4.69, 9.17) is 9.97 Å². The molecule has 10 aromatic carbocycles. The van der Waals surface area contributed by atoms with Crippen LogP contribution in [0.1, 0.15) is 0 Å². The molecular weight excluding hydrogens is 833 g/mol. The summed E-state index contributed by atoms with van der Waals surface area (Å²) in [7, 11) is 0. The van der Waals surface area contributed by atoms with E-state index in [2.05, 4.69) is 240 Å².